The van der Waals surface area contributed by atoms with Crippen molar-refractivity contribution >= 4 is 17.5 Å². The van der Waals surface area contributed by atoms with Gasteiger partial charge in [0.1, 0.15) is 5.15 Å². The number of nitrogens with zero attached hydrogens (tertiary/aromatic N) is 4. The number of hydrogen-bond acceptors (Lipinski definition) is 6. The van der Waals surface area contributed by atoms with Crippen LogP contribution in [0.1, 0.15) is 46.0 Å². The van der Waals surface area contributed by atoms with E-state index in [2.05, 4.69) is 20.5 Å². The van der Waals surface area contributed by atoms with Crippen molar-refractivity contribution in [2.45, 2.75) is 44.0 Å². The predicted molar refractivity (Wildman–Crippen MR) is 122 cm³/mol. The zero-order chi connectivity index (χ0) is 22.5. The van der Waals surface area contributed by atoms with Crippen LogP contribution in [0.5, 0.6) is 0 Å². The SMILES string of the molecule is CN(Cc1ccnnc1)C(=O)c1ccc(C[C@@H]2CC[C@H](C(O)c3ccc(Cl)nc3)N2)cc1. The Morgan fingerprint density at radius 2 is 1.94 bits per heavy atom. The minimum Gasteiger partial charge on any atom is -0.387 e. The fourth-order valence-electron chi connectivity index (χ4n) is 4.10. The molecule has 3 heterocycles. The molecular formula is C24H26ClN5O2. The summed E-state index contributed by atoms with van der Waals surface area (Å²) in [5.74, 6) is -0.0351. The largest absolute Gasteiger partial charge is 0.387 e. The van der Waals surface area contributed by atoms with Crippen LogP contribution in [0.4, 0.5) is 0 Å². The Bertz CT molecular complexity index is 1030. The number of pyridine rings is 1. The summed E-state index contributed by atoms with van der Waals surface area (Å²) in [6.45, 7) is 0.481. The minimum absolute atomic E-state index is 0.0137. The number of amides is 1. The van der Waals surface area contributed by atoms with E-state index in [1.165, 1.54) is 0 Å². The van der Waals surface area contributed by atoms with Crippen molar-refractivity contribution in [2.75, 3.05) is 7.05 Å². The fourth-order valence-corrected chi connectivity index (χ4v) is 4.21. The Morgan fingerprint density at radius 3 is 2.62 bits per heavy atom. The van der Waals surface area contributed by atoms with Gasteiger partial charge < -0.3 is 15.3 Å². The molecule has 0 radical (unpaired) electrons. The molecule has 1 aromatic carbocycles. The number of halogens is 1. The van der Waals surface area contributed by atoms with Gasteiger partial charge in [0.15, 0.2) is 0 Å². The first-order chi connectivity index (χ1) is 15.5. The number of carbonyl (C=O) groups is 1. The zero-order valence-electron chi connectivity index (χ0n) is 17.9. The number of benzene rings is 1. The summed E-state index contributed by atoms with van der Waals surface area (Å²) < 4.78 is 0. The molecule has 1 amide bonds. The first-order valence-corrected chi connectivity index (χ1v) is 11.0. The molecule has 1 aliphatic rings. The Balaban J connectivity index is 1.31. The molecule has 0 spiro atoms. The van der Waals surface area contributed by atoms with Gasteiger partial charge in [-0.3, -0.25) is 4.79 Å². The van der Waals surface area contributed by atoms with Gasteiger partial charge in [-0.25, -0.2) is 4.98 Å². The molecule has 2 aromatic heterocycles. The summed E-state index contributed by atoms with van der Waals surface area (Å²) in [6, 6.07) is 13.4. The maximum Gasteiger partial charge on any atom is 0.253 e. The van der Waals surface area contributed by atoms with Gasteiger partial charge >= 0.3 is 0 Å². The Morgan fingerprint density at radius 1 is 1.12 bits per heavy atom. The molecule has 1 fully saturated rings. The van der Waals surface area contributed by atoms with Crippen LogP contribution < -0.4 is 5.32 Å². The highest BCUT2D eigenvalue weighted by atomic mass is 35.5. The minimum atomic E-state index is -0.615. The van der Waals surface area contributed by atoms with Gasteiger partial charge in [-0.15, -0.1) is 0 Å². The Kier molecular flexibility index (Phi) is 7.09. The summed E-state index contributed by atoms with van der Waals surface area (Å²) in [4.78, 5) is 18.4. The van der Waals surface area contributed by atoms with Crippen LogP contribution in [0.15, 0.2) is 61.1 Å². The normalized spacial score (nSPS) is 19.0. The van der Waals surface area contributed by atoms with E-state index in [0.29, 0.717) is 17.3 Å². The molecule has 1 saturated heterocycles. The van der Waals surface area contributed by atoms with Crippen LogP contribution in [0.25, 0.3) is 0 Å². The lowest BCUT2D eigenvalue weighted by Crippen LogP contribution is -2.35. The second kappa shape index (κ2) is 10.2. The van der Waals surface area contributed by atoms with E-state index in [0.717, 1.165) is 36.0 Å². The van der Waals surface area contributed by atoms with Gasteiger partial charge in [-0.1, -0.05) is 29.8 Å². The average molecular weight is 452 g/mol. The van der Waals surface area contributed by atoms with Crippen molar-refractivity contribution in [1.82, 2.24) is 25.4 Å². The number of nitrogens with one attached hydrogen (secondary N) is 1. The van der Waals surface area contributed by atoms with Crippen molar-refractivity contribution in [3.05, 3.63) is 88.5 Å². The summed E-state index contributed by atoms with van der Waals surface area (Å²) in [7, 11) is 1.78. The molecule has 32 heavy (non-hydrogen) atoms. The predicted octanol–water partition coefficient (Wildman–Crippen LogP) is 3.19. The Labute approximate surface area is 192 Å². The van der Waals surface area contributed by atoms with E-state index >= 15 is 0 Å². The lowest BCUT2D eigenvalue weighted by molar-refractivity contribution is 0.0785. The first-order valence-electron chi connectivity index (χ1n) is 10.6. The summed E-state index contributed by atoms with van der Waals surface area (Å²) >= 11 is 5.84. The van der Waals surface area contributed by atoms with Crippen LogP contribution in [-0.4, -0.2) is 50.2 Å². The number of aliphatic hydroxyl groups excluding tert-OH is 1. The van der Waals surface area contributed by atoms with Gasteiger partial charge in [-0.05, 0) is 54.7 Å². The van der Waals surface area contributed by atoms with E-state index in [4.69, 9.17) is 11.6 Å². The maximum atomic E-state index is 12.7. The lowest BCUT2D eigenvalue weighted by Gasteiger charge is -2.20. The molecule has 8 heteroatoms. The maximum absolute atomic E-state index is 12.7. The van der Waals surface area contributed by atoms with Crippen molar-refractivity contribution < 1.29 is 9.90 Å². The van der Waals surface area contributed by atoms with Gasteiger partial charge in [0.2, 0.25) is 0 Å². The van der Waals surface area contributed by atoms with E-state index < -0.39 is 6.10 Å². The molecular weight excluding hydrogens is 426 g/mol. The second-order valence-corrected chi connectivity index (χ2v) is 8.61. The third-order valence-corrected chi connectivity index (χ3v) is 6.07. The molecule has 4 rings (SSSR count). The molecule has 0 saturated carbocycles. The van der Waals surface area contributed by atoms with E-state index in [1.807, 2.05) is 36.4 Å². The monoisotopic (exact) mass is 451 g/mol. The van der Waals surface area contributed by atoms with Crippen molar-refractivity contribution in [3.63, 3.8) is 0 Å². The van der Waals surface area contributed by atoms with Crippen LogP contribution >= 0.6 is 11.6 Å². The van der Waals surface area contributed by atoms with Crippen molar-refractivity contribution in [2.24, 2.45) is 0 Å². The molecule has 166 valence electrons. The molecule has 1 aliphatic heterocycles. The van der Waals surface area contributed by atoms with E-state index in [1.54, 1.807) is 36.6 Å². The van der Waals surface area contributed by atoms with Crippen molar-refractivity contribution in [1.29, 1.82) is 0 Å². The van der Waals surface area contributed by atoms with Gasteiger partial charge in [0.25, 0.3) is 5.91 Å². The van der Waals surface area contributed by atoms with Crippen LogP contribution in [-0.2, 0) is 13.0 Å². The fraction of sp³-hybridized carbons (Fsp3) is 0.333. The quantitative estimate of drug-likeness (QED) is 0.536. The molecule has 0 aliphatic carbocycles. The number of rotatable bonds is 7. The van der Waals surface area contributed by atoms with E-state index in [9.17, 15) is 9.90 Å². The standard InChI is InChI=1S/C24H26ClN5O2/c1-30(15-17-10-11-27-28-13-17)24(32)18-4-2-16(3-5-18)12-20-7-8-21(29-20)23(31)19-6-9-22(25)26-14-19/h2-6,9-11,13-14,20-21,23,29,31H,7-8,12,15H2,1H3/t20-,21+,23?/m0/s1. The second-order valence-electron chi connectivity index (χ2n) is 8.22. The van der Waals surface area contributed by atoms with Crippen LogP contribution in [0.3, 0.4) is 0 Å². The van der Waals surface area contributed by atoms with Gasteiger partial charge in [-0.2, -0.15) is 10.2 Å². The molecule has 0 bridgehead atoms. The lowest BCUT2D eigenvalue weighted by atomic mass is 10.0. The highest BCUT2D eigenvalue weighted by Gasteiger charge is 2.30. The van der Waals surface area contributed by atoms with Crippen molar-refractivity contribution in [3.8, 4) is 0 Å². The average Bonchev–Trinajstić information content (AvgIpc) is 3.28. The summed E-state index contributed by atoms with van der Waals surface area (Å²) in [6.07, 6.45) is 7.00. The summed E-state index contributed by atoms with van der Waals surface area (Å²) in [5, 5.41) is 22.2. The number of aliphatic hydroxyl groups is 1. The van der Waals surface area contributed by atoms with Crippen LogP contribution in [0.2, 0.25) is 5.15 Å². The zero-order valence-corrected chi connectivity index (χ0v) is 18.6. The number of aromatic nitrogens is 3. The van der Waals surface area contributed by atoms with E-state index in [-0.39, 0.29) is 18.0 Å². The molecule has 3 aromatic rings. The van der Waals surface area contributed by atoms with Gasteiger partial charge in [0.05, 0.1) is 12.3 Å². The molecule has 1 unspecified atom stereocenters. The first kappa shape index (κ1) is 22.3. The summed E-state index contributed by atoms with van der Waals surface area (Å²) in [5.41, 5.74) is 3.51. The molecule has 3 atom stereocenters. The third-order valence-electron chi connectivity index (χ3n) is 5.84. The van der Waals surface area contributed by atoms with Gasteiger partial charge in [0, 0.05) is 49.2 Å². The highest BCUT2D eigenvalue weighted by Crippen LogP contribution is 2.27. The molecule has 2 N–H and O–H groups in total. The number of hydrogen-bond donors (Lipinski definition) is 2. The van der Waals surface area contributed by atoms with Crippen LogP contribution in [0, 0.1) is 0 Å². The topological polar surface area (TPSA) is 91.2 Å². The number of carbonyl (C=O) groups excluding carboxylic acids is 1. The highest BCUT2D eigenvalue weighted by molar-refractivity contribution is 6.29. The molecule has 7 nitrogen and oxygen atoms in total. The Hall–Kier alpha value is -2.87. The third kappa shape index (κ3) is 5.48. The smallest absolute Gasteiger partial charge is 0.253 e.